The highest BCUT2D eigenvalue weighted by Gasteiger charge is 2.22. The van der Waals surface area contributed by atoms with Crippen molar-refractivity contribution in [2.24, 2.45) is 0 Å². The maximum atomic E-state index is 11.8. The van der Waals surface area contributed by atoms with Crippen LogP contribution in [0.5, 0.6) is 0 Å². The van der Waals surface area contributed by atoms with Gasteiger partial charge in [-0.05, 0) is 26.3 Å². The molecule has 0 aliphatic rings. The van der Waals surface area contributed by atoms with Crippen LogP contribution in [0.25, 0.3) is 0 Å². The van der Waals surface area contributed by atoms with Crippen molar-refractivity contribution in [2.75, 3.05) is 0 Å². The first kappa shape index (κ1) is 18.7. The lowest BCUT2D eigenvalue weighted by atomic mass is 10.1. The van der Waals surface area contributed by atoms with E-state index < -0.39 is 29.5 Å². The Morgan fingerprint density at radius 1 is 1.13 bits per heavy atom. The van der Waals surface area contributed by atoms with Crippen molar-refractivity contribution in [2.45, 2.75) is 51.7 Å². The summed E-state index contributed by atoms with van der Waals surface area (Å²) in [7, 11) is 0. The molecule has 1 rings (SSSR count). The first-order chi connectivity index (χ1) is 10.7. The first-order valence-electron chi connectivity index (χ1n) is 7.45. The fourth-order valence-electron chi connectivity index (χ4n) is 1.92. The SMILES string of the molecule is CC(C)(C)OC(=O)CCC(=O)N[C@@H](Cc1ccccc1)C(=O)O. The normalized spacial score (nSPS) is 12.3. The highest BCUT2D eigenvalue weighted by atomic mass is 16.6. The Kier molecular flexibility index (Phi) is 6.75. The van der Waals surface area contributed by atoms with E-state index in [1.165, 1.54) is 0 Å². The number of amides is 1. The molecular formula is C17H23NO5. The minimum atomic E-state index is -1.11. The largest absolute Gasteiger partial charge is 0.480 e. The van der Waals surface area contributed by atoms with Gasteiger partial charge in [-0.1, -0.05) is 30.3 Å². The molecule has 126 valence electrons. The van der Waals surface area contributed by atoms with Crippen LogP contribution in [0.3, 0.4) is 0 Å². The summed E-state index contributed by atoms with van der Waals surface area (Å²) in [4.78, 5) is 34.6. The van der Waals surface area contributed by atoms with Crippen LogP contribution in [-0.4, -0.2) is 34.6 Å². The van der Waals surface area contributed by atoms with Crippen molar-refractivity contribution in [1.29, 1.82) is 0 Å². The van der Waals surface area contributed by atoms with Gasteiger partial charge in [0.25, 0.3) is 0 Å². The second-order valence-corrected chi connectivity index (χ2v) is 6.23. The molecule has 1 atom stereocenters. The molecule has 1 aromatic rings. The van der Waals surface area contributed by atoms with Crippen molar-refractivity contribution in [1.82, 2.24) is 5.32 Å². The molecule has 6 heteroatoms. The van der Waals surface area contributed by atoms with Crippen LogP contribution in [0.2, 0.25) is 0 Å². The highest BCUT2D eigenvalue weighted by molar-refractivity contribution is 5.86. The Balaban J connectivity index is 2.49. The Morgan fingerprint density at radius 3 is 2.26 bits per heavy atom. The topological polar surface area (TPSA) is 92.7 Å². The number of carboxylic acids is 1. The molecule has 0 saturated carbocycles. The third-order valence-electron chi connectivity index (χ3n) is 2.89. The number of aliphatic carboxylic acids is 1. The fraction of sp³-hybridized carbons (Fsp3) is 0.471. The maximum Gasteiger partial charge on any atom is 0.326 e. The molecule has 0 unspecified atom stereocenters. The lowest BCUT2D eigenvalue weighted by Gasteiger charge is -2.19. The van der Waals surface area contributed by atoms with E-state index in [2.05, 4.69) is 5.32 Å². The van der Waals surface area contributed by atoms with Gasteiger partial charge < -0.3 is 15.2 Å². The van der Waals surface area contributed by atoms with Gasteiger partial charge in [-0.15, -0.1) is 0 Å². The summed E-state index contributed by atoms with van der Waals surface area (Å²) in [5, 5.41) is 11.6. The third kappa shape index (κ3) is 7.99. The number of benzene rings is 1. The summed E-state index contributed by atoms with van der Waals surface area (Å²) < 4.78 is 5.10. The van der Waals surface area contributed by atoms with E-state index >= 15 is 0 Å². The number of hydrogen-bond acceptors (Lipinski definition) is 4. The van der Waals surface area contributed by atoms with E-state index in [1.807, 2.05) is 6.07 Å². The van der Waals surface area contributed by atoms with Crippen molar-refractivity contribution >= 4 is 17.8 Å². The molecule has 0 fully saturated rings. The van der Waals surface area contributed by atoms with Gasteiger partial charge >= 0.3 is 11.9 Å². The number of carbonyl (C=O) groups excluding carboxylic acids is 2. The van der Waals surface area contributed by atoms with Crippen LogP contribution in [-0.2, 0) is 25.5 Å². The molecular weight excluding hydrogens is 298 g/mol. The number of ether oxygens (including phenoxy) is 1. The molecule has 1 aromatic carbocycles. The molecule has 1 amide bonds. The highest BCUT2D eigenvalue weighted by Crippen LogP contribution is 2.09. The maximum absolute atomic E-state index is 11.8. The van der Waals surface area contributed by atoms with E-state index in [0.29, 0.717) is 0 Å². The zero-order valence-electron chi connectivity index (χ0n) is 13.7. The third-order valence-corrected chi connectivity index (χ3v) is 2.89. The number of carbonyl (C=O) groups is 3. The van der Waals surface area contributed by atoms with Gasteiger partial charge in [0.1, 0.15) is 11.6 Å². The fourth-order valence-corrected chi connectivity index (χ4v) is 1.92. The Labute approximate surface area is 135 Å². The molecule has 0 spiro atoms. The summed E-state index contributed by atoms with van der Waals surface area (Å²) >= 11 is 0. The average molecular weight is 321 g/mol. The summed E-state index contributed by atoms with van der Waals surface area (Å²) in [6, 6.07) is 8.00. The standard InChI is InChI=1S/C17H23NO5/c1-17(2,3)23-15(20)10-9-14(19)18-13(16(21)22)11-12-7-5-4-6-8-12/h4-8,13H,9-11H2,1-3H3,(H,18,19)(H,21,22)/t13-/m0/s1. The molecule has 0 bridgehead atoms. The van der Waals surface area contributed by atoms with E-state index in [1.54, 1.807) is 45.0 Å². The Hall–Kier alpha value is -2.37. The molecule has 0 aliphatic carbocycles. The van der Waals surface area contributed by atoms with Gasteiger partial charge in [0.05, 0.1) is 6.42 Å². The minimum absolute atomic E-state index is 0.0826. The van der Waals surface area contributed by atoms with E-state index in [0.717, 1.165) is 5.56 Å². The van der Waals surface area contributed by atoms with E-state index in [9.17, 15) is 19.5 Å². The predicted molar refractivity (Wildman–Crippen MR) is 84.8 cm³/mol. The summed E-state index contributed by atoms with van der Waals surface area (Å²) in [5.41, 5.74) is 0.206. The van der Waals surface area contributed by atoms with Crippen molar-refractivity contribution in [3.05, 3.63) is 35.9 Å². The average Bonchev–Trinajstić information content (AvgIpc) is 2.43. The zero-order valence-corrected chi connectivity index (χ0v) is 13.7. The first-order valence-corrected chi connectivity index (χ1v) is 7.45. The molecule has 0 radical (unpaired) electrons. The Morgan fingerprint density at radius 2 is 1.74 bits per heavy atom. The number of rotatable bonds is 7. The minimum Gasteiger partial charge on any atom is -0.480 e. The molecule has 6 nitrogen and oxygen atoms in total. The predicted octanol–water partition coefficient (Wildman–Crippen LogP) is 1.92. The van der Waals surface area contributed by atoms with E-state index in [4.69, 9.17) is 4.74 Å². The number of nitrogens with one attached hydrogen (secondary N) is 1. The molecule has 0 heterocycles. The smallest absolute Gasteiger partial charge is 0.326 e. The van der Waals surface area contributed by atoms with Crippen LogP contribution in [0.15, 0.2) is 30.3 Å². The van der Waals surface area contributed by atoms with E-state index in [-0.39, 0.29) is 19.3 Å². The monoisotopic (exact) mass is 321 g/mol. The zero-order chi connectivity index (χ0) is 17.5. The lowest BCUT2D eigenvalue weighted by Crippen LogP contribution is -2.42. The van der Waals surface area contributed by atoms with Crippen molar-refractivity contribution in [3.8, 4) is 0 Å². The van der Waals surface area contributed by atoms with Crippen molar-refractivity contribution < 1.29 is 24.2 Å². The Bertz CT molecular complexity index is 548. The number of esters is 1. The number of hydrogen-bond donors (Lipinski definition) is 2. The van der Waals surface area contributed by atoms with Gasteiger partial charge in [0, 0.05) is 12.8 Å². The molecule has 2 N–H and O–H groups in total. The van der Waals surface area contributed by atoms with Gasteiger partial charge in [0.15, 0.2) is 0 Å². The van der Waals surface area contributed by atoms with Crippen LogP contribution in [0.4, 0.5) is 0 Å². The van der Waals surface area contributed by atoms with Gasteiger partial charge in [-0.3, -0.25) is 9.59 Å². The molecule has 0 aliphatic heterocycles. The molecule has 0 aromatic heterocycles. The van der Waals surface area contributed by atoms with Gasteiger partial charge in [0.2, 0.25) is 5.91 Å². The lowest BCUT2D eigenvalue weighted by molar-refractivity contribution is -0.155. The molecule has 23 heavy (non-hydrogen) atoms. The van der Waals surface area contributed by atoms with Crippen molar-refractivity contribution in [3.63, 3.8) is 0 Å². The second-order valence-electron chi connectivity index (χ2n) is 6.23. The van der Waals surface area contributed by atoms with Gasteiger partial charge in [-0.2, -0.15) is 0 Å². The second kappa shape index (κ2) is 8.31. The van der Waals surface area contributed by atoms with Crippen LogP contribution < -0.4 is 5.32 Å². The van der Waals surface area contributed by atoms with Crippen LogP contribution in [0, 0.1) is 0 Å². The summed E-state index contributed by atoms with van der Waals surface area (Å²) in [6.45, 7) is 5.22. The van der Waals surface area contributed by atoms with Crippen LogP contribution in [0.1, 0.15) is 39.2 Å². The summed E-state index contributed by atoms with van der Waals surface area (Å²) in [5.74, 6) is -2.08. The molecule has 0 saturated heterocycles. The van der Waals surface area contributed by atoms with Gasteiger partial charge in [-0.25, -0.2) is 4.79 Å². The van der Waals surface area contributed by atoms with Crippen LogP contribution >= 0.6 is 0 Å². The summed E-state index contributed by atoms with van der Waals surface area (Å²) in [6.07, 6.45) is 0.00259. The number of carboxylic acid groups (broad SMARTS) is 1. The quantitative estimate of drug-likeness (QED) is 0.749.